The number of hydrogen-bond acceptors (Lipinski definition) is 3. The number of nitrogens with zero attached hydrogens (tertiary/aromatic N) is 1. The number of benzene rings is 1. The summed E-state index contributed by atoms with van der Waals surface area (Å²) in [5.41, 5.74) is 5.46. The molecule has 1 N–H and O–H groups in total. The van der Waals surface area contributed by atoms with E-state index in [4.69, 9.17) is 4.74 Å². The Labute approximate surface area is 108 Å². The molecule has 1 unspecified atom stereocenters. The van der Waals surface area contributed by atoms with Crippen molar-refractivity contribution in [1.82, 2.24) is 0 Å². The first-order valence-electron chi connectivity index (χ1n) is 6.82. The molecule has 1 aliphatic carbocycles. The van der Waals surface area contributed by atoms with Crippen LogP contribution in [0.5, 0.6) is 0 Å². The van der Waals surface area contributed by atoms with Gasteiger partial charge in [0.2, 0.25) is 0 Å². The van der Waals surface area contributed by atoms with Gasteiger partial charge in [-0.25, -0.2) is 4.99 Å². The molecule has 18 heavy (non-hydrogen) atoms. The molecule has 0 saturated heterocycles. The van der Waals surface area contributed by atoms with Crippen molar-refractivity contribution in [3.63, 3.8) is 0 Å². The maximum atomic E-state index is 5.47. The highest BCUT2D eigenvalue weighted by molar-refractivity contribution is 5.92. The minimum absolute atomic E-state index is 0.668. The molecule has 1 heterocycles. The van der Waals surface area contributed by atoms with Crippen LogP contribution in [-0.2, 0) is 11.2 Å². The van der Waals surface area contributed by atoms with Crippen molar-refractivity contribution in [1.29, 1.82) is 0 Å². The third-order valence-corrected chi connectivity index (χ3v) is 3.97. The molecule has 3 nitrogen and oxygen atoms in total. The molecule has 0 bridgehead atoms. The zero-order chi connectivity index (χ0) is 12.5. The molecule has 1 aliphatic heterocycles. The summed E-state index contributed by atoms with van der Waals surface area (Å²) in [6.07, 6.45) is 3.74. The lowest BCUT2D eigenvalue weighted by molar-refractivity contribution is 0.346. The number of amidine groups is 1. The van der Waals surface area contributed by atoms with Gasteiger partial charge in [-0.05, 0) is 48.8 Å². The van der Waals surface area contributed by atoms with E-state index in [-0.39, 0.29) is 0 Å². The predicted octanol–water partition coefficient (Wildman–Crippen LogP) is 3.23. The molecule has 0 spiro atoms. The molecular weight excluding hydrogens is 224 g/mol. The summed E-state index contributed by atoms with van der Waals surface area (Å²) in [5.74, 6) is 0.668. The van der Waals surface area contributed by atoms with Crippen LogP contribution in [0, 0.1) is 6.92 Å². The SMILES string of the molecule is Cc1ccc2c(c1NC1=NCCO1)CCCC2C. The monoisotopic (exact) mass is 244 g/mol. The number of ether oxygens (including phenoxy) is 1. The smallest absolute Gasteiger partial charge is 0.289 e. The highest BCUT2D eigenvalue weighted by Crippen LogP contribution is 2.37. The van der Waals surface area contributed by atoms with Crippen molar-refractivity contribution < 1.29 is 4.74 Å². The van der Waals surface area contributed by atoms with Gasteiger partial charge in [0.05, 0.1) is 6.54 Å². The van der Waals surface area contributed by atoms with Crippen LogP contribution in [-0.4, -0.2) is 19.2 Å². The fourth-order valence-corrected chi connectivity index (χ4v) is 2.94. The van der Waals surface area contributed by atoms with Crippen LogP contribution in [0.3, 0.4) is 0 Å². The second-order valence-electron chi connectivity index (χ2n) is 5.28. The van der Waals surface area contributed by atoms with E-state index in [0.717, 1.165) is 13.0 Å². The summed E-state index contributed by atoms with van der Waals surface area (Å²) in [6, 6.07) is 5.18. The zero-order valence-corrected chi connectivity index (χ0v) is 11.1. The number of hydrogen-bond donors (Lipinski definition) is 1. The van der Waals surface area contributed by atoms with Gasteiger partial charge in [-0.3, -0.25) is 0 Å². The number of rotatable bonds is 1. The highest BCUT2D eigenvalue weighted by Gasteiger charge is 2.21. The number of fused-ring (bicyclic) bond motifs is 1. The summed E-state index contributed by atoms with van der Waals surface area (Å²) >= 11 is 0. The summed E-state index contributed by atoms with van der Waals surface area (Å²) in [4.78, 5) is 4.32. The first kappa shape index (κ1) is 11.6. The Balaban J connectivity index is 1.99. The molecule has 0 aromatic heterocycles. The Bertz CT molecular complexity index is 494. The van der Waals surface area contributed by atoms with Crippen LogP contribution >= 0.6 is 0 Å². The van der Waals surface area contributed by atoms with E-state index < -0.39 is 0 Å². The van der Waals surface area contributed by atoms with Gasteiger partial charge in [0.25, 0.3) is 6.02 Å². The van der Waals surface area contributed by atoms with Crippen molar-refractivity contribution in [2.75, 3.05) is 18.5 Å². The van der Waals surface area contributed by atoms with Gasteiger partial charge in [0.15, 0.2) is 0 Å². The Morgan fingerprint density at radius 3 is 3.06 bits per heavy atom. The Morgan fingerprint density at radius 1 is 1.39 bits per heavy atom. The lowest BCUT2D eigenvalue weighted by Gasteiger charge is -2.26. The predicted molar refractivity (Wildman–Crippen MR) is 74.4 cm³/mol. The molecule has 3 rings (SSSR count). The molecule has 2 aliphatic rings. The van der Waals surface area contributed by atoms with E-state index in [0.29, 0.717) is 18.5 Å². The van der Waals surface area contributed by atoms with Crippen molar-refractivity contribution in [3.8, 4) is 0 Å². The fourth-order valence-electron chi connectivity index (χ4n) is 2.94. The van der Waals surface area contributed by atoms with E-state index in [1.165, 1.54) is 35.2 Å². The van der Waals surface area contributed by atoms with Crippen molar-refractivity contribution in [2.45, 2.75) is 39.0 Å². The molecule has 1 atom stereocenters. The second-order valence-corrected chi connectivity index (χ2v) is 5.28. The number of aryl methyl sites for hydroxylation is 1. The van der Waals surface area contributed by atoms with Gasteiger partial charge in [0, 0.05) is 5.69 Å². The van der Waals surface area contributed by atoms with E-state index in [2.05, 4.69) is 36.3 Å². The third kappa shape index (κ3) is 1.98. The fraction of sp³-hybridized carbons (Fsp3) is 0.533. The van der Waals surface area contributed by atoms with Crippen LogP contribution in [0.25, 0.3) is 0 Å². The molecule has 0 saturated carbocycles. The van der Waals surface area contributed by atoms with Crippen LogP contribution in [0.4, 0.5) is 5.69 Å². The Kier molecular flexibility index (Phi) is 2.98. The molecule has 0 fully saturated rings. The topological polar surface area (TPSA) is 33.6 Å². The average molecular weight is 244 g/mol. The molecule has 96 valence electrons. The van der Waals surface area contributed by atoms with Crippen LogP contribution in [0.1, 0.15) is 42.4 Å². The molecule has 3 heteroatoms. The standard InChI is InChI=1S/C15H20N2O/c1-10-4-3-5-13-12(10)7-6-11(2)14(13)17-15-16-8-9-18-15/h6-7,10H,3-5,8-9H2,1-2H3,(H,16,17). The first-order valence-corrected chi connectivity index (χ1v) is 6.82. The first-order chi connectivity index (χ1) is 8.75. The van der Waals surface area contributed by atoms with E-state index in [1.54, 1.807) is 0 Å². The summed E-state index contributed by atoms with van der Waals surface area (Å²) in [6.45, 7) is 5.94. The van der Waals surface area contributed by atoms with Crippen LogP contribution in [0.15, 0.2) is 17.1 Å². The highest BCUT2D eigenvalue weighted by atomic mass is 16.5. The number of nitrogens with one attached hydrogen (secondary N) is 1. The minimum atomic E-state index is 0.668. The van der Waals surface area contributed by atoms with Gasteiger partial charge < -0.3 is 10.1 Å². The number of anilines is 1. The zero-order valence-electron chi connectivity index (χ0n) is 11.1. The average Bonchev–Trinajstić information content (AvgIpc) is 2.86. The van der Waals surface area contributed by atoms with E-state index >= 15 is 0 Å². The summed E-state index contributed by atoms with van der Waals surface area (Å²) in [5, 5.41) is 3.39. The maximum Gasteiger partial charge on any atom is 0.289 e. The molecule has 1 aromatic carbocycles. The minimum Gasteiger partial charge on any atom is -0.463 e. The van der Waals surface area contributed by atoms with Crippen molar-refractivity contribution in [2.24, 2.45) is 4.99 Å². The van der Waals surface area contributed by atoms with Gasteiger partial charge in [-0.1, -0.05) is 19.1 Å². The van der Waals surface area contributed by atoms with Gasteiger partial charge in [-0.2, -0.15) is 0 Å². The molecule has 1 aromatic rings. The quantitative estimate of drug-likeness (QED) is 0.822. The van der Waals surface area contributed by atoms with Gasteiger partial charge in [-0.15, -0.1) is 0 Å². The van der Waals surface area contributed by atoms with Gasteiger partial charge in [0.1, 0.15) is 6.61 Å². The largest absolute Gasteiger partial charge is 0.463 e. The molecular formula is C15H20N2O. The lowest BCUT2D eigenvalue weighted by atomic mass is 9.82. The molecule has 0 radical (unpaired) electrons. The molecule has 0 amide bonds. The van der Waals surface area contributed by atoms with E-state index in [9.17, 15) is 0 Å². The Hall–Kier alpha value is -1.51. The van der Waals surface area contributed by atoms with Crippen LogP contribution in [0.2, 0.25) is 0 Å². The van der Waals surface area contributed by atoms with Crippen LogP contribution < -0.4 is 5.32 Å². The maximum absolute atomic E-state index is 5.47. The number of aliphatic imine (C=N–C) groups is 1. The van der Waals surface area contributed by atoms with Crippen molar-refractivity contribution in [3.05, 3.63) is 28.8 Å². The van der Waals surface area contributed by atoms with Gasteiger partial charge >= 0.3 is 0 Å². The summed E-state index contributed by atoms with van der Waals surface area (Å²) in [7, 11) is 0. The Morgan fingerprint density at radius 2 is 2.28 bits per heavy atom. The lowest BCUT2D eigenvalue weighted by Crippen LogP contribution is -2.17. The normalized spacial score (nSPS) is 22.1. The summed E-state index contributed by atoms with van der Waals surface area (Å²) < 4.78 is 5.47. The third-order valence-electron chi connectivity index (χ3n) is 3.97. The van der Waals surface area contributed by atoms with E-state index in [1.807, 2.05) is 0 Å². The van der Waals surface area contributed by atoms with Crippen molar-refractivity contribution >= 4 is 11.7 Å². The second kappa shape index (κ2) is 4.63.